The van der Waals surface area contributed by atoms with Crippen LogP contribution < -0.4 is 10.5 Å². The van der Waals surface area contributed by atoms with Gasteiger partial charge in [-0.25, -0.2) is 23.7 Å². The Morgan fingerprint density at radius 2 is 1.88 bits per heavy atom. The molecule has 4 aromatic rings. The number of nitrogens with zero attached hydrogens (tertiary/aromatic N) is 6. The summed E-state index contributed by atoms with van der Waals surface area (Å²) in [5.74, 6) is 0.450. The zero-order chi connectivity index (χ0) is 23.7. The van der Waals surface area contributed by atoms with Crippen LogP contribution in [0.4, 0.5) is 14.6 Å². The number of aromatic nitrogens is 5. The number of anilines is 1. The number of nitrogen functional groups attached to an aromatic ring is 1. The number of imidazole rings is 1. The molecule has 5 rings (SSSR count). The minimum absolute atomic E-state index is 0.195. The van der Waals surface area contributed by atoms with Gasteiger partial charge in [0.05, 0.1) is 12.7 Å². The van der Waals surface area contributed by atoms with Crippen LogP contribution in [0, 0.1) is 18.6 Å². The molecule has 0 aliphatic carbocycles. The highest BCUT2D eigenvalue weighted by molar-refractivity contribution is 5.85. The molecule has 1 saturated heterocycles. The normalized spacial score (nSPS) is 14.2. The van der Waals surface area contributed by atoms with Crippen molar-refractivity contribution in [1.82, 2.24) is 29.4 Å². The zero-order valence-corrected chi connectivity index (χ0v) is 18.8. The quantitative estimate of drug-likeness (QED) is 0.446. The maximum Gasteiger partial charge on any atom is 0.166 e. The Morgan fingerprint density at radius 1 is 1.06 bits per heavy atom. The Balaban J connectivity index is 1.48. The van der Waals surface area contributed by atoms with Gasteiger partial charge in [0.25, 0.3) is 0 Å². The van der Waals surface area contributed by atoms with Crippen molar-refractivity contribution in [2.45, 2.75) is 26.3 Å². The van der Waals surface area contributed by atoms with Crippen LogP contribution >= 0.6 is 0 Å². The number of fused-ring (bicyclic) bond motifs is 1. The molecule has 1 aliphatic rings. The molecule has 1 aliphatic heterocycles. The summed E-state index contributed by atoms with van der Waals surface area (Å²) in [4.78, 5) is 19.6. The molecule has 34 heavy (non-hydrogen) atoms. The van der Waals surface area contributed by atoms with Crippen LogP contribution in [0.2, 0.25) is 0 Å². The SMILES string of the molecule is Cc1nc(N)c2nc(-c3cncc(F)c3)n(Cc3ccc(F)c(OCCN4CCCC4)c3)c2n1. The molecule has 4 heterocycles. The number of halogens is 2. The van der Waals surface area contributed by atoms with E-state index >= 15 is 0 Å². The molecule has 0 amide bonds. The number of hydrogen-bond donors (Lipinski definition) is 1. The molecule has 0 radical (unpaired) electrons. The summed E-state index contributed by atoms with van der Waals surface area (Å²) in [7, 11) is 0. The van der Waals surface area contributed by atoms with Crippen molar-refractivity contribution in [2.24, 2.45) is 0 Å². The third-order valence-electron chi connectivity index (χ3n) is 5.90. The van der Waals surface area contributed by atoms with Crippen molar-refractivity contribution in [3.8, 4) is 17.1 Å². The van der Waals surface area contributed by atoms with Crippen LogP contribution in [-0.2, 0) is 6.54 Å². The Labute approximate surface area is 195 Å². The Hall–Kier alpha value is -3.66. The lowest BCUT2D eigenvalue weighted by Crippen LogP contribution is -2.25. The molecule has 0 atom stereocenters. The summed E-state index contributed by atoms with van der Waals surface area (Å²) >= 11 is 0. The van der Waals surface area contributed by atoms with E-state index in [2.05, 4.69) is 24.8 Å². The van der Waals surface area contributed by atoms with Gasteiger partial charge in [-0.2, -0.15) is 0 Å². The fourth-order valence-electron chi connectivity index (χ4n) is 4.27. The Bertz CT molecular complexity index is 1330. The van der Waals surface area contributed by atoms with E-state index in [0.29, 0.717) is 41.5 Å². The number of pyridine rings is 1. The summed E-state index contributed by atoms with van der Waals surface area (Å²) in [5, 5.41) is 0. The summed E-state index contributed by atoms with van der Waals surface area (Å²) in [6.45, 7) is 5.32. The van der Waals surface area contributed by atoms with Gasteiger partial charge in [-0.15, -0.1) is 0 Å². The van der Waals surface area contributed by atoms with Gasteiger partial charge < -0.3 is 15.0 Å². The van der Waals surface area contributed by atoms with E-state index in [4.69, 9.17) is 10.5 Å². The van der Waals surface area contributed by atoms with Gasteiger partial charge in [0.15, 0.2) is 28.5 Å². The third kappa shape index (κ3) is 4.54. The first kappa shape index (κ1) is 22.1. The number of rotatable bonds is 7. The van der Waals surface area contributed by atoms with Crippen molar-refractivity contribution in [2.75, 3.05) is 32.0 Å². The lowest BCUT2D eigenvalue weighted by molar-refractivity contribution is 0.231. The van der Waals surface area contributed by atoms with Gasteiger partial charge in [-0.1, -0.05) is 6.07 Å². The van der Waals surface area contributed by atoms with E-state index in [1.54, 1.807) is 23.6 Å². The lowest BCUT2D eigenvalue weighted by atomic mass is 10.2. The van der Waals surface area contributed by atoms with Gasteiger partial charge in [-0.3, -0.25) is 9.88 Å². The molecule has 0 saturated carbocycles. The molecule has 0 bridgehead atoms. The highest BCUT2D eigenvalue weighted by Gasteiger charge is 2.19. The predicted molar refractivity (Wildman–Crippen MR) is 124 cm³/mol. The minimum atomic E-state index is -0.484. The average molecular weight is 466 g/mol. The monoisotopic (exact) mass is 465 g/mol. The summed E-state index contributed by atoms with van der Waals surface area (Å²) < 4.78 is 35.9. The van der Waals surface area contributed by atoms with Crippen LogP contribution in [0.15, 0.2) is 36.7 Å². The van der Waals surface area contributed by atoms with E-state index in [1.165, 1.54) is 31.2 Å². The van der Waals surface area contributed by atoms with E-state index < -0.39 is 11.6 Å². The van der Waals surface area contributed by atoms with E-state index in [9.17, 15) is 8.78 Å². The zero-order valence-electron chi connectivity index (χ0n) is 18.8. The Kier molecular flexibility index (Phi) is 6.06. The standard InChI is InChI=1S/C24H25F2N7O/c1-15-29-22(27)21-24(30-15)33(23(31-21)17-11-18(25)13-28-12-17)14-16-4-5-19(26)20(10-16)34-9-8-32-6-2-3-7-32/h4-5,10-13H,2-3,6-9,14H2,1H3,(H2,27,29,30). The van der Waals surface area contributed by atoms with E-state index in [-0.39, 0.29) is 11.6 Å². The Morgan fingerprint density at radius 3 is 2.68 bits per heavy atom. The highest BCUT2D eigenvalue weighted by Crippen LogP contribution is 2.28. The van der Waals surface area contributed by atoms with Crippen LogP contribution in [-0.4, -0.2) is 55.6 Å². The van der Waals surface area contributed by atoms with Crippen molar-refractivity contribution in [3.05, 3.63) is 59.7 Å². The maximum absolute atomic E-state index is 14.5. The van der Waals surface area contributed by atoms with Crippen LogP contribution in [0.5, 0.6) is 5.75 Å². The summed E-state index contributed by atoms with van der Waals surface area (Å²) in [6, 6.07) is 6.09. The van der Waals surface area contributed by atoms with Crippen molar-refractivity contribution < 1.29 is 13.5 Å². The van der Waals surface area contributed by atoms with Crippen LogP contribution in [0.3, 0.4) is 0 Å². The van der Waals surface area contributed by atoms with Crippen LogP contribution in [0.25, 0.3) is 22.6 Å². The predicted octanol–water partition coefficient (Wildman–Crippen LogP) is 3.58. The largest absolute Gasteiger partial charge is 0.489 e. The number of ether oxygens (including phenoxy) is 1. The molecule has 10 heteroatoms. The van der Waals surface area contributed by atoms with Crippen molar-refractivity contribution >= 4 is 17.0 Å². The molecule has 0 spiro atoms. The minimum Gasteiger partial charge on any atom is -0.489 e. The summed E-state index contributed by atoms with van der Waals surface area (Å²) in [6.07, 6.45) is 5.04. The molecule has 0 unspecified atom stereocenters. The van der Waals surface area contributed by atoms with Gasteiger partial charge in [0, 0.05) is 18.3 Å². The number of benzene rings is 1. The fraction of sp³-hybridized carbons (Fsp3) is 0.333. The first-order valence-electron chi connectivity index (χ1n) is 11.2. The second-order valence-corrected chi connectivity index (χ2v) is 8.40. The van der Waals surface area contributed by atoms with Crippen molar-refractivity contribution in [1.29, 1.82) is 0 Å². The molecule has 3 aromatic heterocycles. The van der Waals surface area contributed by atoms with Gasteiger partial charge in [-0.05, 0) is 56.6 Å². The van der Waals surface area contributed by atoms with Crippen molar-refractivity contribution in [3.63, 3.8) is 0 Å². The van der Waals surface area contributed by atoms with Gasteiger partial charge in [0.2, 0.25) is 0 Å². The lowest BCUT2D eigenvalue weighted by Gasteiger charge is -2.16. The topological polar surface area (TPSA) is 95.0 Å². The average Bonchev–Trinajstić information content (AvgIpc) is 3.44. The maximum atomic E-state index is 14.5. The molecular weight excluding hydrogens is 440 g/mol. The number of hydrogen-bond acceptors (Lipinski definition) is 7. The van der Waals surface area contributed by atoms with Gasteiger partial charge in [0.1, 0.15) is 24.1 Å². The molecular formula is C24H25F2N7O. The number of nitrogens with two attached hydrogens (primary N) is 1. The second kappa shape index (κ2) is 9.30. The molecule has 1 fully saturated rings. The second-order valence-electron chi connectivity index (χ2n) is 8.40. The van der Waals surface area contributed by atoms with Crippen LogP contribution in [0.1, 0.15) is 24.2 Å². The van der Waals surface area contributed by atoms with Gasteiger partial charge >= 0.3 is 0 Å². The molecule has 2 N–H and O–H groups in total. The fourth-order valence-corrected chi connectivity index (χ4v) is 4.27. The third-order valence-corrected chi connectivity index (χ3v) is 5.90. The molecule has 176 valence electrons. The number of likely N-dealkylation sites (tertiary alicyclic amines) is 1. The van der Waals surface area contributed by atoms with E-state index in [0.717, 1.165) is 31.4 Å². The molecule has 8 nitrogen and oxygen atoms in total. The number of aryl methyl sites for hydroxylation is 1. The summed E-state index contributed by atoms with van der Waals surface area (Å²) in [5.41, 5.74) is 8.26. The first-order chi connectivity index (χ1) is 16.5. The molecule has 1 aromatic carbocycles. The smallest absolute Gasteiger partial charge is 0.166 e. The first-order valence-corrected chi connectivity index (χ1v) is 11.2. The highest BCUT2D eigenvalue weighted by atomic mass is 19.1. The van der Waals surface area contributed by atoms with E-state index in [1.807, 2.05) is 0 Å².